The number of aryl methyl sites for hydroxylation is 1. The maximum absolute atomic E-state index is 5.66. The predicted molar refractivity (Wildman–Crippen MR) is 53.0 cm³/mol. The van der Waals surface area contributed by atoms with Crippen molar-refractivity contribution in [2.75, 3.05) is 5.73 Å². The van der Waals surface area contributed by atoms with Crippen molar-refractivity contribution < 1.29 is 0 Å². The van der Waals surface area contributed by atoms with Crippen LogP contribution in [0.25, 0.3) is 11.0 Å². The van der Waals surface area contributed by atoms with Crippen molar-refractivity contribution in [2.24, 2.45) is 12.8 Å². The zero-order valence-corrected chi connectivity index (χ0v) is 7.49. The maximum Gasteiger partial charge on any atom is 0.200 e. The first-order chi connectivity index (χ1) is 6.22. The minimum absolute atomic E-state index is 0.532. The molecule has 0 unspecified atom stereocenters. The number of anilines is 1. The lowest BCUT2D eigenvalue weighted by molar-refractivity contribution is 0.962. The van der Waals surface area contributed by atoms with E-state index in [0.29, 0.717) is 12.5 Å². The van der Waals surface area contributed by atoms with E-state index < -0.39 is 0 Å². The van der Waals surface area contributed by atoms with Gasteiger partial charge in [0.05, 0.1) is 11.0 Å². The molecule has 4 nitrogen and oxygen atoms in total. The van der Waals surface area contributed by atoms with E-state index in [1.165, 1.54) is 0 Å². The van der Waals surface area contributed by atoms with Gasteiger partial charge in [0.25, 0.3) is 0 Å². The fourth-order valence-electron chi connectivity index (χ4n) is 1.38. The molecular weight excluding hydrogens is 164 g/mol. The van der Waals surface area contributed by atoms with Crippen LogP contribution >= 0.6 is 0 Å². The number of imidazole rings is 1. The van der Waals surface area contributed by atoms with Gasteiger partial charge in [-0.3, -0.25) is 0 Å². The predicted octanol–water partition coefficient (Wildman–Crippen LogP) is 0.614. The van der Waals surface area contributed by atoms with Crippen molar-refractivity contribution in [2.45, 2.75) is 6.54 Å². The minimum Gasteiger partial charge on any atom is -0.369 e. The van der Waals surface area contributed by atoms with Gasteiger partial charge in [-0.25, -0.2) is 4.98 Å². The molecule has 2 aromatic rings. The zero-order valence-electron chi connectivity index (χ0n) is 7.49. The Morgan fingerprint density at radius 1 is 1.46 bits per heavy atom. The number of rotatable bonds is 1. The largest absolute Gasteiger partial charge is 0.369 e. The third kappa shape index (κ3) is 1.15. The van der Waals surface area contributed by atoms with Crippen molar-refractivity contribution in [1.29, 1.82) is 0 Å². The molecule has 0 atom stereocenters. The topological polar surface area (TPSA) is 69.9 Å². The molecule has 0 aliphatic rings. The van der Waals surface area contributed by atoms with E-state index in [9.17, 15) is 0 Å². The third-order valence-corrected chi connectivity index (χ3v) is 2.22. The summed E-state index contributed by atoms with van der Waals surface area (Å²) in [5, 5.41) is 0. The fourth-order valence-corrected chi connectivity index (χ4v) is 1.38. The number of benzene rings is 1. The smallest absolute Gasteiger partial charge is 0.200 e. The van der Waals surface area contributed by atoms with E-state index in [1.54, 1.807) is 0 Å². The summed E-state index contributed by atoms with van der Waals surface area (Å²) in [5.74, 6) is 0.532. The number of hydrogen-bond acceptors (Lipinski definition) is 3. The van der Waals surface area contributed by atoms with Crippen molar-refractivity contribution >= 4 is 17.0 Å². The molecule has 0 aliphatic carbocycles. The average Bonchev–Trinajstić information content (AvgIpc) is 2.43. The van der Waals surface area contributed by atoms with E-state index in [0.717, 1.165) is 16.6 Å². The Morgan fingerprint density at radius 2 is 2.23 bits per heavy atom. The highest BCUT2D eigenvalue weighted by molar-refractivity contribution is 5.78. The Bertz CT molecular complexity index is 444. The van der Waals surface area contributed by atoms with Crippen LogP contribution in [-0.2, 0) is 13.6 Å². The molecule has 0 radical (unpaired) electrons. The van der Waals surface area contributed by atoms with Crippen LogP contribution in [0.15, 0.2) is 18.2 Å². The van der Waals surface area contributed by atoms with E-state index in [2.05, 4.69) is 4.98 Å². The SMILES string of the molecule is Cn1c(N)nc2ccc(CN)cc21. The first-order valence-electron chi connectivity index (χ1n) is 4.13. The van der Waals surface area contributed by atoms with Gasteiger partial charge in [0, 0.05) is 13.6 Å². The molecule has 0 spiro atoms. The number of nitrogens with zero attached hydrogens (tertiary/aromatic N) is 2. The van der Waals surface area contributed by atoms with Crippen LogP contribution in [0.2, 0.25) is 0 Å². The van der Waals surface area contributed by atoms with Crippen LogP contribution in [0.3, 0.4) is 0 Å². The highest BCUT2D eigenvalue weighted by atomic mass is 15.1. The van der Waals surface area contributed by atoms with E-state index in [-0.39, 0.29) is 0 Å². The van der Waals surface area contributed by atoms with Gasteiger partial charge in [0.1, 0.15) is 0 Å². The molecule has 0 amide bonds. The lowest BCUT2D eigenvalue weighted by Gasteiger charge is -1.98. The van der Waals surface area contributed by atoms with Crippen LogP contribution in [0.4, 0.5) is 5.95 Å². The van der Waals surface area contributed by atoms with Crippen LogP contribution in [-0.4, -0.2) is 9.55 Å². The van der Waals surface area contributed by atoms with Crippen LogP contribution in [0, 0.1) is 0 Å². The van der Waals surface area contributed by atoms with Gasteiger partial charge < -0.3 is 16.0 Å². The monoisotopic (exact) mass is 176 g/mol. The molecule has 68 valence electrons. The number of nitrogens with two attached hydrogens (primary N) is 2. The second-order valence-electron chi connectivity index (χ2n) is 3.06. The van der Waals surface area contributed by atoms with Gasteiger partial charge in [0.2, 0.25) is 5.95 Å². The summed E-state index contributed by atoms with van der Waals surface area (Å²) in [5.41, 5.74) is 14.2. The highest BCUT2D eigenvalue weighted by Crippen LogP contribution is 2.17. The van der Waals surface area contributed by atoms with Gasteiger partial charge in [-0.1, -0.05) is 6.07 Å². The molecule has 4 heteroatoms. The van der Waals surface area contributed by atoms with Crippen LogP contribution < -0.4 is 11.5 Å². The zero-order chi connectivity index (χ0) is 9.42. The number of aromatic nitrogens is 2. The lowest BCUT2D eigenvalue weighted by atomic mass is 10.2. The summed E-state index contributed by atoms with van der Waals surface area (Å²) in [6.07, 6.45) is 0. The van der Waals surface area contributed by atoms with Gasteiger partial charge >= 0.3 is 0 Å². The molecule has 2 rings (SSSR count). The van der Waals surface area contributed by atoms with Gasteiger partial charge in [-0.05, 0) is 17.7 Å². The molecule has 4 N–H and O–H groups in total. The van der Waals surface area contributed by atoms with Gasteiger partial charge in [0.15, 0.2) is 0 Å². The Hall–Kier alpha value is -1.55. The van der Waals surface area contributed by atoms with Crippen molar-refractivity contribution in [3.05, 3.63) is 23.8 Å². The Kier molecular flexibility index (Phi) is 1.70. The van der Waals surface area contributed by atoms with E-state index in [4.69, 9.17) is 11.5 Å². The molecular formula is C9H12N4. The maximum atomic E-state index is 5.66. The molecule has 0 saturated carbocycles. The summed E-state index contributed by atoms with van der Waals surface area (Å²) in [7, 11) is 1.89. The van der Waals surface area contributed by atoms with E-state index in [1.807, 2.05) is 29.8 Å². The second kappa shape index (κ2) is 2.74. The number of fused-ring (bicyclic) bond motifs is 1. The molecule has 1 heterocycles. The van der Waals surface area contributed by atoms with Gasteiger partial charge in [-0.15, -0.1) is 0 Å². The Morgan fingerprint density at radius 3 is 2.92 bits per heavy atom. The highest BCUT2D eigenvalue weighted by Gasteiger charge is 2.03. The van der Waals surface area contributed by atoms with Crippen LogP contribution in [0.5, 0.6) is 0 Å². The second-order valence-corrected chi connectivity index (χ2v) is 3.06. The quantitative estimate of drug-likeness (QED) is 0.669. The molecule has 0 bridgehead atoms. The molecule has 0 aliphatic heterocycles. The molecule has 0 fully saturated rings. The summed E-state index contributed by atoms with van der Waals surface area (Å²) in [4.78, 5) is 4.19. The summed E-state index contributed by atoms with van der Waals surface area (Å²) >= 11 is 0. The third-order valence-electron chi connectivity index (χ3n) is 2.22. The Balaban J connectivity index is 2.75. The molecule has 1 aromatic carbocycles. The fraction of sp³-hybridized carbons (Fsp3) is 0.222. The van der Waals surface area contributed by atoms with E-state index >= 15 is 0 Å². The van der Waals surface area contributed by atoms with Crippen molar-refractivity contribution in [1.82, 2.24) is 9.55 Å². The lowest BCUT2D eigenvalue weighted by Crippen LogP contribution is -1.98. The standard InChI is InChI=1S/C9H12N4/c1-13-8-4-6(5-10)2-3-7(8)12-9(13)11/h2-4H,5,10H2,1H3,(H2,11,12). The van der Waals surface area contributed by atoms with Crippen molar-refractivity contribution in [3.63, 3.8) is 0 Å². The van der Waals surface area contributed by atoms with Gasteiger partial charge in [-0.2, -0.15) is 0 Å². The molecule has 13 heavy (non-hydrogen) atoms. The molecule has 1 aromatic heterocycles. The average molecular weight is 176 g/mol. The normalized spacial score (nSPS) is 10.9. The summed E-state index contributed by atoms with van der Waals surface area (Å²) in [6, 6.07) is 5.92. The first kappa shape index (κ1) is 8.07. The minimum atomic E-state index is 0.532. The Labute approximate surface area is 76.2 Å². The number of nitrogen functional groups attached to an aromatic ring is 1. The molecule has 0 saturated heterocycles. The van der Waals surface area contributed by atoms with Crippen LogP contribution in [0.1, 0.15) is 5.56 Å². The summed E-state index contributed by atoms with van der Waals surface area (Å²) < 4.78 is 1.86. The number of hydrogen-bond donors (Lipinski definition) is 2. The van der Waals surface area contributed by atoms with Crippen molar-refractivity contribution in [3.8, 4) is 0 Å². The first-order valence-corrected chi connectivity index (χ1v) is 4.13. The summed E-state index contributed by atoms with van der Waals surface area (Å²) in [6.45, 7) is 0.543.